The number of hydrogen-bond donors (Lipinski definition) is 1. The van der Waals surface area contributed by atoms with Crippen molar-refractivity contribution in [3.8, 4) is 0 Å². The number of anilines is 1. The molecule has 2 rings (SSSR count). The summed E-state index contributed by atoms with van der Waals surface area (Å²) in [5, 5.41) is 2.82. The third-order valence-corrected chi connectivity index (χ3v) is 4.79. The fraction of sp³-hybridized carbons (Fsp3) is 0.364. The Morgan fingerprint density at radius 1 is 1.00 bits per heavy atom. The highest BCUT2D eigenvalue weighted by Gasteiger charge is 2.23. The summed E-state index contributed by atoms with van der Waals surface area (Å²) in [6.45, 7) is 6.64. The van der Waals surface area contributed by atoms with Gasteiger partial charge in [0, 0.05) is 19.3 Å². The molecular weight excluding hydrogens is 338 g/mol. The minimum atomic E-state index is -0.318. The molecular formula is C22H29N3O2. The van der Waals surface area contributed by atoms with Crippen LogP contribution in [0.1, 0.15) is 23.6 Å². The second-order valence-electron chi connectivity index (χ2n) is 7.13. The molecule has 0 aliphatic heterocycles. The predicted molar refractivity (Wildman–Crippen MR) is 110 cm³/mol. The second kappa shape index (κ2) is 9.33. The van der Waals surface area contributed by atoms with Crippen molar-refractivity contribution in [3.63, 3.8) is 0 Å². The summed E-state index contributed by atoms with van der Waals surface area (Å²) >= 11 is 0. The van der Waals surface area contributed by atoms with Gasteiger partial charge in [0.15, 0.2) is 0 Å². The lowest BCUT2D eigenvalue weighted by atomic mass is 10.1. The first-order valence-electron chi connectivity index (χ1n) is 9.14. The Labute approximate surface area is 162 Å². The molecule has 2 aromatic carbocycles. The molecule has 144 valence electrons. The van der Waals surface area contributed by atoms with Crippen molar-refractivity contribution < 1.29 is 9.59 Å². The van der Waals surface area contributed by atoms with E-state index in [2.05, 4.69) is 24.4 Å². The van der Waals surface area contributed by atoms with Crippen molar-refractivity contribution in [2.45, 2.75) is 33.4 Å². The molecule has 0 spiro atoms. The van der Waals surface area contributed by atoms with Gasteiger partial charge in [-0.05, 0) is 51.1 Å². The van der Waals surface area contributed by atoms with Crippen LogP contribution in [-0.4, -0.2) is 48.3 Å². The molecule has 1 N–H and O–H groups in total. The smallest absolute Gasteiger partial charge is 0.243 e. The lowest BCUT2D eigenvalue weighted by Crippen LogP contribution is -2.46. The van der Waals surface area contributed by atoms with Crippen molar-refractivity contribution in [1.82, 2.24) is 9.80 Å². The van der Waals surface area contributed by atoms with E-state index in [9.17, 15) is 9.59 Å². The number of nitrogens with zero attached hydrogens (tertiary/aromatic N) is 2. The van der Waals surface area contributed by atoms with Gasteiger partial charge in [-0.2, -0.15) is 0 Å². The van der Waals surface area contributed by atoms with Gasteiger partial charge >= 0.3 is 0 Å². The van der Waals surface area contributed by atoms with E-state index in [0.717, 1.165) is 11.3 Å². The van der Waals surface area contributed by atoms with Gasteiger partial charge < -0.3 is 10.2 Å². The molecule has 0 aliphatic carbocycles. The number of benzene rings is 2. The first kappa shape index (κ1) is 20.6. The van der Waals surface area contributed by atoms with Crippen molar-refractivity contribution in [2.75, 3.05) is 26.0 Å². The van der Waals surface area contributed by atoms with Crippen LogP contribution in [0.2, 0.25) is 0 Å². The van der Waals surface area contributed by atoms with Gasteiger partial charge in [0.1, 0.15) is 0 Å². The zero-order chi connectivity index (χ0) is 20.0. The van der Waals surface area contributed by atoms with Crippen molar-refractivity contribution in [3.05, 3.63) is 65.2 Å². The number of likely N-dealkylation sites (N-methyl/N-ethyl adjacent to an activating group) is 2. The Bertz CT molecular complexity index is 786. The Morgan fingerprint density at radius 3 is 2.26 bits per heavy atom. The highest BCUT2D eigenvalue weighted by molar-refractivity contribution is 5.95. The van der Waals surface area contributed by atoms with Gasteiger partial charge in [-0.15, -0.1) is 0 Å². The maximum absolute atomic E-state index is 12.7. The van der Waals surface area contributed by atoms with E-state index in [0.29, 0.717) is 6.54 Å². The number of hydrogen-bond acceptors (Lipinski definition) is 3. The lowest BCUT2D eigenvalue weighted by Gasteiger charge is -2.28. The van der Waals surface area contributed by atoms with Gasteiger partial charge in [0.25, 0.3) is 0 Å². The van der Waals surface area contributed by atoms with Crippen molar-refractivity contribution >= 4 is 17.5 Å². The van der Waals surface area contributed by atoms with Crippen LogP contribution in [0.15, 0.2) is 48.5 Å². The summed E-state index contributed by atoms with van der Waals surface area (Å²) in [7, 11) is 3.59. The van der Waals surface area contributed by atoms with E-state index in [-0.39, 0.29) is 24.4 Å². The van der Waals surface area contributed by atoms with Crippen molar-refractivity contribution in [2.24, 2.45) is 0 Å². The fourth-order valence-corrected chi connectivity index (χ4v) is 2.83. The van der Waals surface area contributed by atoms with Crippen LogP contribution in [0.5, 0.6) is 0 Å². The maximum atomic E-state index is 12.7. The van der Waals surface area contributed by atoms with E-state index < -0.39 is 0 Å². The Hall–Kier alpha value is -2.66. The second-order valence-corrected chi connectivity index (χ2v) is 7.13. The zero-order valence-electron chi connectivity index (χ0n) is 16.8. The van der Waals surface area contributed by atoms with Crippen LogP contribution < -0.4 is 5.32 Å². The summed E-state index contributed by atoms with van der Waals surface area (Å²) in [5.41, 5.74) is 4.26. The predicted octanol–water partition coefficient (Wildman–Crippen LogP) is 3.22. The van der Waals surface area contributed by atoms with Crippen molar-refractivity contribution in [1.29, 1.82) is 0 Å². The molecule has 0 saturated heterocycles. The SMILES string of the molecule is Cc1ccc(NC(=O)CN(C)C(=O)[C@H](C)N(C)Cc2ccccc2C)cc1. The van der Waals surface area contributed by atoms with Gasteiger partial charge in [0.2, 0.25) is 11.8 Å². The average Bonchev–Trinajstić information content (AvgIpc) is 2.64. The number of rotatable bonds is 7. The standard InChI is InChI=1S/C22H29N3O2/c1-16-10-12-20(13-11-16)23-21(26)15-25(5)22(27)18(3)24(4)14-19-9-7-6-8-17(19)2/h6-13,18H,14-15H2,1-5H3,(H,23,26)/t18-/m0/s1. The molecule has 0 saturated carbocycles. The summed E-state index contributed by atoms with van der Waals surface area (Å²) in [5.74, 6) is -0.284. The number of amides is 2. The van der Waals surface area contributed by atoms with E-state index in [1.165, 1.54) is 16.0 Å². The van der Waals surface area contributed by atoms with Gasteiger partial charge in [-0.25, -0.2) is 0 Å². The molecule has 2 aromatic rings. The number of carbonyl (C=O) groups is 2. The molecule has 27 heavy (non-hydrogen) atoms. The Morgan fingerprint density at radius 2 is 1.63 bits per heavy atom. The van der Waals surface area contributed by atoms with Gasteiger partial charge in [-0.1, -0.05) is 42.0 Å². The van der Waals surface area contributed by atoms with Crippen LogP contribution in [0.4, 0.5) is 5.69 Å². The Balaban J connectivity index is 1.89. The summed E-state index contributed by atoms with van der Waals surface area (Å²) in [4.78, 5) is 28.4. The van der Waals surface area contributed by atoms with Crippen LogP contribution >= 0.6 is 0 Å². The summed E-state index contributed by atoms with van der Waals surface area (Å²) in [6.07, 6.45) is 0. The van der Waals surface area contributed by atoms with Gasteiger partial charge in [0.05, 0.1) is 12.6 Å². The molecule has 0 unspecified atom stereocenters. The lowest BCUT2D eigenvalue weighted by molar-refractivity contribution is -0.137. The molecule has 0 bridgehead atoms. The number of aryl methyl sites for hydroxylation is 2. The molecule has 0 aliphatic rings. The van der Waals surface area contributed by atoms with E-state index in [4.69, 9.17) is 0 Å². The molecule has 5 heteroatoms. The zero-order valence-corrected chi connectivity index (χ0v) is 16.8. The molecule has 2 amide bonds. The molecule has 0 aromatic heterocycles. The van der Waals surface area contributed by atoms with E-state index in [1.54, 1.807) is 7.05 Å². The highest BCUT2D eigenvalue weighted by atomic mass is 16.2. The maximum Gasteiger partial charge on any atom is 0.243 e. The van der Waals surface area contributed by atoms with Crippen LogP contribution in [0.3, 0.4) is 0 Å². The van der Waals surface area contributed by atoms with E-state index >= 15 is 0 Å². The molecule has 0 radical (unpaired) electrons. The minimum absolute atomic E-state index is 0.0231. The largest absolute Gasteiger partial charge is 0.335 e. The molecule has 0 heterocycles. The summed E-state index contributed by atoms with van der Waals surface area (Å²) in [6, 6.07) is 15.4. The van der Waals surface area contributed by atoms with Crippen LogP contribution in [-0.2, 0) is 16.1 Å². The monoisotopic (exact) mass is 367 g/mol. The first-order chi connectivity index (χ1) is 12.8. The van der Waals surface area contributed by atoms with Gasteiger partial charge in [-0.3, -0.25) is 14.5 Å². The third kappa shape index (κ3) is 5.93. The van der Waals surface area contributed by atoms with Crippen LogP contribution in [0, 0.1) is 13.8 Å². The fourth-order valence-electron chi connectivity index (χ4n) is 2.83. The molecule has 5 nitrogen and oxygen atoms in total. The van der Waals surface area contributed by atoms with Crippen LogP contribution in [0.25, 0.3) is 0 Å². The summed E-state index contributed by atoms with van der Waals surface area (Å²) < 4.78 is 0. The van der Waals surface area contributed by atoms with E-state index in [1.807, 2.05) is 62.2 Å². The first-order valence-corrected chi connectivity index (χ1v) is 9.14. The average molecular weight is 367 g/mol. The topological polar surface area (TPSA) is 52.7 Å². The molecule has 0 fully saturated rings. The number of carbonyl (C=O) groups excluding carboxylic acids is 2. The quantitative estimate of drug-likeness (QED) is 0.817. The Kier molecular flexibility index (Phi) is 7.13. The number of nitrogens with one attached hydrogen (secondary N) is 1. The third-order valence-electron chi connectivity index (χ3n) is 4.79. The highest BCUT2D eigenvalue weighted by Crippen LogP contribution is 2.13. The normalized spacial score (nSPS) is 11.9. The molecule has 1 atom stereocenters. The minimum Gasteiger partial charge on any atom is -0.335 e.